The normalized spacial score (nSPS) is 19.5. The first-order valence-electron chi connectivity index (χ1n) is 7.01. The van der Waals surface area contributed by atoms with Gasteiger partial charge in [0.1, 0.15) is 5.82 Å². The average molecular weight is 266 g/mol. The van der Waals surface area contributed by atoms with Crippen molar-refractivity contribution in [3.63, 3.8) is 0 Å². The van der Waals surface area contributed by atoms with E-state index in [4.69, 9.17) is 5.11 Å². The van der Waals surface area contributed by atoms with Crippen molar-refractivity contribution in [1.29, 1.82) is 0 Å². The van der Waals surface area contributed by atoms with Crippen LogP contribution in [-0.4, -0.2) is 60.3 Å². The molecule has 0 amide bonds. The lowest BCUT2D eigenvalue weighted by molar-refractivity contribution is 0.0886. The van der Waals surface area contributed by atoms with Crippen LogP contribution in [0.4, 0.5) is 4.39 Å². The maximum atomic E-state index is 13.6. The van der Waals surface area contributed by atoms with E-state index < -0.39 is 0 Å². The van der Waals surface area contributed by atoms with E-state index in [-0.39, 0.29) is 12.4 Å². The van der Waals surface area contributed by atoms with E-state index in [9.17, 15) is 4.39 Å². The standard InChI is InChI=1S/C15H23FN2O/c1-13(12-14-4-2-3-5-15(14)16)18-8-6-17(7-9-18)10-11-19/h2-5,13,19H,6-12H2,1H3. The van der Waals surface area contributed by atoms with Gasteiger partial charge in [0.2, 0.25) is 0 Å². The van der Waals surface area contributed by atoms with Gasteiger partial charge in [-0.1, -0.05) is 18.2 Å². The molecule has 19 heavy (non-hydrogen) atoms. The van der Waals surface area contributed by atoms with Crippen LogP contribution in [0.15, 0.2) is 24.3 Å². The van der Waals surface area contributed by atoms with E-state index in [2.05, 4.69) is 16.7 Å². The van der Waals surface area contributed by atoms with Gasteiger partial charge < -0.3 is 5.11 Å². The van der Waals surface area contributed by atoms with E-state index in [0.29, 0.717) is 6.04 Å². The van der Waals surface area contributed by atoms with Crippen molar-refractivity contribution >= 4 is 0 Å². The molecule has 1 atom stereocenters. The highest BCUT2D eigenvalue weighted by Crippen LogP contribution is 2.14. The molecule has 1 aromatic carbocycles. The largest absolute Gasteiger partial charge is 0.395 e. The molecule has 1 aliphatic rings. The molecular formula is C15H23FN2O. The summed E-state index contributed by atoms with van der Waals surface area (Å²) < 4.78 is 13.6. The van der Waals surface area contributed by atoms with Crippen molar-refractivity contribution in [3.05, 3.63) is 35.6 Å². The number of aliphatic hydroxyl groups excluding tert-OH is 1. The first kappa shape index (κ1) is 14.4. The quantitative estimate of drug-likeness (QED) is 0.872. The van der Waals surface area contributed by atoms with Gasteiger partial charge in [-0.25, -0.2) is 4.39 Å². The molecule has 1 saturated heterocycles. The summed E-state index contributed by atoms with van der Waals surface area (Å²) in [5, 5.41) is 8.92. The molecule has 3 nitrogen and oxygen atoms in total. The van der Waals surface area contributed by atoms with Crippen molar-refractivity contribution in [2.24, 2.45) is 0 Å². The predicted molar refractivity (Wildman–Crippen MR) is 74.7 cm³/mol. The summed E-state index contributed by atoms with van der Waals surface area (Å²) in [5.41, 5.74) is 0.799. The van der Waals surface area contributed by atoms with Crippen LogP contribution in [0.5, 0.6) is 0 Å². The molecular weight excluding hydrogens is 243 g/mol. The molecule has 1 unspecified atom stereocenters. The second-order valence-corrected chi connectivity index (χ2v) is 5.25. The maximum absolute atomic E-state index is 13.6. The Kier molecular flexibility index (Phi) is 5.31. The third-order valence-corrected chi connectivity index (χ3v) is 3.92. The first-order valence-corrected chi connectivity index (χ1v) is 7.01. The summed E-state index contributed by atoms with van der Waals surface area (Å²) in [6.45, 7) is 7.12. The Labute approximate surface area is 114 Å². The molecule has 1 aliphatic heterocycles. The fraction of sp³-hybridized carbons (Fsp3) is 0.600. The lowest BCUT2D eigenvalue weighted by Crippen LogP contribution is -2.50. The SMILES string of the molecule is CC(Cc1ccccc1F)N1CCN(CCO)CC1. The minimum absolute atomic E-state index is 0.103. The van der Waals surface area contributed by atoms with Crippen LogP contribution in [0.25, 0.3) is 0 Å². The highest BCUT2D eigenvalue weighted by molar-refractivity contribution is 5.18. The van der Waals surface area contributed by atoms with Gasteiger partial charge in [-0.05, 0) is 25.0 Å². The highest BCUT2D eigenvalue weighted by atomic mass is 19.1. The zero-order valence-corrected chi connectivity index (χ0v) is 11.6. The number of hydrogen-bond acceptors (Lipinski definition) is 3. The number of nitrogens with zero attached hydrogens (tertiary/aromatic N) is 2. The molecule has 1 aromatic rings. The molecule has 0 radical (unpaired) electrons. The lowest BCUT2D eigenvalue weighted by atomic mass is 10.0. The fourth-order valence-electron chi connectivity index (χ4n) is 2.68. The summed E-state index contributed by atoms with van der Waals surface area (Å²) in [5.74, 6) is -0.103. The Bertz CT molecular complexity index is 391. The summed E-state index contributed by atoms with van der Waals surface area (Å²) in [6, 6.07) is 7.38. The third-order valence-electron chi connectivity index (χ3n) is 3.92. The van der Waals surface area contributed by atoms with Gasteiger partial charge >= 0.3 is 0 Å². The van der Waals surface area contributed by atoms with Crippen LogP contribution in [-0.2, 0) is 6.42 Å². The Morgan fingerprint density at radius 1 is 1.21 bits per heavy atom. The summed E-state index contributed by atoms with van der Waals surface area (Å²) in [4.78, 5) is 4.67. The van der Waals surface area contributed by atoms with E-state index in [1.807, 2.05) is 12.1 Å². The van der Waals surface area contributed by atoms with E-state index >= 15 is 0 Å². The highest BCUT2D eigenvalue weighted by Gasteiger charge is 2.21. The van der Waals surface area contributed by atoms with Crippen molar-refractivity contribution in [1.82, 2.24) is 9.80 Å². The van der Waals surface area contributed by atoms with Crippen LogP contribution in [0.1, 0.15) is 12.5 Å². The number of β-amino-alcohol motifs (C(OH)–C–C–N with tert-alkyl or cyclic N) is 1. The third kappa shape index (κ3) is 4.00. The van der Waals surface area contributed by atoms with Gasteiger partial charge in [-0.2, -0.15) is 0 Å². The topological polar surface area (TPSA) is 26.7 Å². The van der Waals surface area contributed by atoms with Crippen molar-refractivity contribution in [2.45, 2.75) is 19.4 Å². The molecule has 1 fully saturated rings. The van der Waals surface area contributed by atoms with Crippen LogP contribution in [0, 0.1) is 5.82 Å². The number of halogens is 1. The zero-order chi connectivity index (χ0) is 13.7. The lowest BCUT2D eigenvalue weighted by Gasteiger charge is -2.38. The van der Waals surface area contributed by atoms with Crippen LogP contribution in [0.2, 0.25) is 0 Å². The first-order chi connectivity index (χ1) is 9.20. The van der Waals surface area contributed by atoms with Crippen LogP contribution < -0.4 is 0 Å². The second-order valence-electron chi connectivity index (χ2n) is 5.25. The molecule has 106 valence electrons. The number of benzene rings is 1. The summed E-state index contributed by atoms with van der Waals surface area (Å²) in [7, 11) is 0. The van der Waals surface area contributed by atoms with E-state index in [1.54, 1.807) is 6.07 Å². The summed E-state index contributed by atoms with van der Waals surface area (Å²) in [6.07, 6.45) is 0.757. The predicted octanol–water partition coefficient (Wildman–Crippen LogP) is 1.37. The number of aliphatic hydroxyl groups is 1. The van der Waals surface area contributed by atoms with Gasteiger partial charge in [0.05, 0.1) is 6.61 Å². The van der Waals surface area contributed by atoms with Gasteiger partial charge in [-0.3, -0.25) is 9.80 Å². The molecule has 0 bridgehead atoms. The Balaban J connectivity index is 1.85. The Morgan fingerprint density at radius 2 is 1.89 bits per heavy atom. The minimum Gasteiger partial charge on any atom is -0.395 e. The average Bonchev–Trinajstić information content (AvgIpc) is 2.42. The van der Waals surface area contributed by atoms with E-state index in [0.717, 1.165) is 44.7 Å². The van der Waals surface area contributed by atoms with Gasteiger partial charge in [-0.15, -0.1) is 0 Å². The van der Waals surface area contributed by atoms with Crippen LogP contribution in [0.3, 0.4) is 0 Å². The Morgan fingerprint density at radius 3 is 2.53 bits per heavy atom. The van der Waals surface area contributed by atoms with E-state index in [1.165, 1.54) is 6.07 Å². The van der Waals surface area contributed by atoms with Gasteiger partial charge in [0.25, 0.3) is 0 Å². The molecule has 0 aliphatic carbocycles. The molecule has 2 rings (SSSR count). The smallest absolute Gasteiger partial charge is 0.126 e. The molecule has 0 spiro atoms. The van der Waals surface area contributed by atoms with Crippen molar-refractivity contribution < 1.29 is 9.50 Å². The number of hydrogen-bond donors (Lipinski definition) is 1. The summed E-state index contributed by atoms with van der Waals surface area (Å²) >= 11 is 0. The van der Waals surface area contributed by atoms with Gasteiger partial charge in [0.15, 0.2) is 0 Å². The van der Waals surface area contributed by atoms with Gasteiger partial charge in [0, 0.05) is 38.8 Å². The monoisotopic (exact) mass is 266 g/mol. The molecule has 1 heterocycles. The fourth-order valence-corrected chi connectivity index (χ4v) is 2.68. The molecule has 0 saturated carbocycles. The second kappa shape index (κ2) is 6.98. The maximum Gasteiger partial charge on any atom is 0.126 e. The zero-order valence-electron chi connectivity index (χ0n) is 11.6. The van der Waals surface area contributed by atoms with Crippen molar-refractivity contribution in [2.75, 3.05) is 39.3 Å². The molecule has 0 aromatic heterocycles. The minimum atomic E-state index is -0.103. The van der Waals surface area contributed by atoms with Crippen molar-refractivity contribution in [3.8, 4) is 0 Å². The number of rotatable bonds is 5. The Hall–Kier alpha value is -0.970. The van der Waals surface area contributed by atoms with Crippen LogP contribution >= 0.6 is 0 Å². The molecule has 4 heteroatoms. The number of piperazine rings is 1. The molecule has 1 N–H and O–H groups in total.